The van der Waals surface area contributed by atoms with Gasteiger partial charge in [0.2, 0.25) is 0 Å². The highest BCUT2D eigenvalue weighted by Gasteiger charge is 1.70. The lowest BCUT2D eigenvalue weighted by molar-refractivity contribution is 1.03. The van der Waals surface area contributed by atoms with Gasteiger partial charge in [-0.2, -0.15) is 0 Å². The van der Waals surface area contributed by atoms with Crippen molar-refractivity contribution in [2.75, 3.05) is 13.2 Å². The minimum atomic E-state index is -0.386. The number of hydrogen-bond donors (Lipinski definition) is 1. The maximum atomic E-state index is 3.82. The molecule has 1 N–H and O–H groups in total. The molecule has 0 rings (SSSR count). The molecule has 6 heavy (non-hydrogen) atoms. The van der Waals surface area contributed by atoms with Crippen molar-refractivity contribution in [3.63, 3.8) is 0 Å². The highest BCUT2D eigenvalue weighted by atomic mass is 31.1. The molecule has 0 saturated carbocycles. The molecule has 1 nitrogen and oxygen atoms in total. The van der Waals surface area contributed by atoms with Gasteiger partial charge < -0.3 is 0 Å². The zero-order chi connectivity index (χ0) is 4.99. The molecule has 0 aromatic heterocycles. The van der Waals surface area contributed by atoms with Crippen molar-refractivity contribution in [1.82, 2.24) is 5.09 Å². The second-order valence-corrected chi connectivity index (χ2v) is 3.22. The van der Waals surface area contributed by atoms with Crippen molar-refractivity contribution in [1.29, 1.82) is 0 Å². The second-order valence-electron chi connectivity index (χ2n) is 1.31. The molecule has 1 atom stereocenters. The van der Waals surface area contributed by atoms with Crippen LogP contribution in [-0.4, -0.2) is 19.5 Å². The molecular formula is C4H12NP. The molecule has 0 radical (unpaired) electrons. The van der Waals surface area contributed by atoms with Crippen LogP contribution in [0, 0.1) is 0 Å². The van der Waals surface area contributed by atoms with Crippen LogP contribution in [0.4, 0.5) is 0 Å². The predicted molar refractivity (Wildman–Crippen MR) is 35.0 cm³/mol. The average Bonchev–Trinajstić information content (AvgIpc) is 1.35. The van der Waals surface area contributed by atoms with E-state index in [9.17, 15) is 0 Å². The van der Waals surface area contributed by atoms with Crippen molar-refractivity contribution in [2.45, 2.75) is 6.92 Å². The van der Waals surface area contributed by atoms with Crippen LogP contribution in [0.25, 0.3) is 0 Å². The van der Waals surface area contributed by atoms with Gasteiger partial charge in [-0.25, -0.2) is 0 Å². The van der Waals surface area contributed by atoms with Gasteiger partial charge in [-0.15, -0.1) is 0 Å². The van der Waals surface area contributed by atoms with Gasteiger partial charge in [-0.3, -0.25) is 5.09 Å². The topological polar surface area (TPSA) is 12.0 Å². The Morgan fingerprint density at radius 2 is 2.33 bits per heavy atom. The van der Waals surface area contributed by atoms with Crippen molar-refractivity contribution in [3.8, 4) is 0 Å². The van der Waals surface area contributed by atoms with Gasteiger partial charge in [0.1, 0.15) is 0 Å². The summed E-state index contributed by atoms with van der Waals surface area (Å²) in [6.45, 7) is 5.29. The Kier molecular flexibility index (Phi) is 3.60. The van der Waals surface area contributed by atoms with Gasteiger partial charge in [0.15, 0.2) is 0 Å². The highest BCUT2D eigenvalue weighted by molar-refractivity contribution is 7.52. The van der Waals surface area contributed by atoms with Crippen molar-refractivity contribution >= 4 is 14.0 Å². The highest BCUT2D eigenvalue weighted by Crippen LogP contribution is 2.01. The van der Waals surface area contributed by atoms with E-state index < -0.39 is 0 Å². The first-order chi connectivity index (χ1) is 2.77. The van der Waals surface area contributed by atoms with E-state index in [4.69, 9.17) is 0 Å². The molecule has 0 aromatic rings. The van der Waals surface area contributed by atoms with E-state index in [0.29, 0.717) is 0 Å². The van der Waals surface area contributed by atoms with Crippen molar-refractivity contribution in [2.24, 2.45) is 0 Å². The van der Waals surface area contributed by atoms with Gasteiger partial charge in [0, 0.05) is 0 Å². The summed E-state index contributed by atoms with van der Waals surface area (Å²) in [6, 6.07) is 0. The van der Waals surface area contributed by atoms with Crippen LogP contribution in [0.5, 0.6) is 0 Å². The molecule has 0 heterocycles. The largest absolute Gasteiger partial charge is 0.300 e. The molecule has 0 aliphatic heterocycles. The van der Waals surface area contributed by atoms with E-state index in [2.05, 4.69) is 25.0 Å². The summed E-state index contributed by atoms with van der Waals surface area (Å²) in [5, 5.41) is 3.20. The van der Waals surface area contributed by atoms with Gasteiger partial charge in [-0.05, 0) is 13.2 Å². The third-order valence-electron chi connectivity index (χ3n) is 0.479. The zero-order valence-corrected chi connectivity index (χ0v) is 5.41. The van der Waals surface area contributed by atoms with Crippen LogP contribution in [0.2, 0.25) is 0 Å². The van der Waals surface area contributed by atoms with Crippen LogP contribution in [-0.2, 0) is 0 Å². The van der Waals surface area contributed by atoms with Crippen molar-refractivity contribution < 1.29 is 0 Å². The molecule has 0 saturated heterocycles. The minimum absolute atomic E-state index is 0.386. The van der Waals surface area contributed by atoms with E-state index in [0.717, 1.165) is 6.54 Å². The van der Waals surface area contributed by atoms with E-state index in [1.807, 2.05) is 0 Å². The Morgan fingerprint density at radius 1 is 1.83 bits per heavy atom. The summed E-state index contributed by atoms with van der Waals surface area (Å²) < 4.78 is 0. The average molecular weight is 105 g/mol. The SMILES string of the molecule is C=[PH](C)NCC. The summed E-state index contributed by atoms with van der Waals surface area (Å²) in [4.78, 5) is 0. The minimum Gasteiger partial charge on any atom is -0.300 e. The first kappa shape index (κ1) is 6.26. The predicted octanol–water partition coefficient (Wildman–Crippen LogP) is 0.787. The molecule has 38 valence electrons. The maximum Gasteiger partial charge on any atom is -0.00415 e. The molecule has 1 unspecified atom stereocenters. The van der Waals surface area contributed by atoms with Gasteiger partial charge in [-0.1, -0.05) is 20.9 Å². The Morgan fingerprint density at radius 3 is 2.33 bits per heavy atom. The lowest BCUT2D eigenvalue weighted by Gasteiger charge is -1.94. The smallest absolute Gasteiger partial charge is 0.00415 e. The fourth-order valence-electron chi connectivity index (χ4n) is 0.302. The van der Waals surface area contributed by atoms with Crippen LogP contribution in [0.15, 0.2) is 0 Å². The fourth-order valence-corrected chi connectivity index (χ4v) is 0.905. The zero-order valence-electron chi connectivity index (χ0n) is 4.41. The summed E-state index contributed by atoms with van der Waals surface area (Å²) in [7, 11) is -0.386. The van der Waals surface area contributed by atoms with E-state index in [1.54, 1.807) is 0 Å². The number of hydrogen-bond acceptors (Lipinski definition) is 1. The Hall–Kier alpha value is 0.260. The molecule has 0 aliphatic carbocycles. The Balaban J connectivity index is 2.83. The van der Waals surface area contributed by atoms with E-state index >= 15 is 0 Å². The summed E-state index contributed by atoms with van der Waals surface area (Å²) in [5.41, 5.74) is 0. The maximum absolute atomic E-state index is 3.82. The van der Waals surface area contributed by atoms with Gasteiger partial charge in [0.25, 0.3) is 0 Å². The summed E-state index contributed by atoms with van der Waals surface area (Å²) in [6.07, 6.45) is 3.82. The van der Waals surface area contributed by atoms with E-state index in [1.165, 1.54) is 0 Å². The van der Waals surface area contributed by atoms with Crippen LogP contribution in [0.1, 0.15) is 6.92 Å². The molecule has 0 amide bonds. The molecule has 2 heteroatoms. The molecular weight excluding hydrogens is 93.0 g/mol. The standard InChI is InChI=1S/C4H12NP/c1-4-5-6(2)3/h5-6H,2,4H2,1,3H3. The second kappa shape index (κ2) is 3.45. The first-order valence-electron chi connectivity index (χ1n) is 2.16. The monoisotopic (exact) mass is 105 g/mol. The first-order valence-corrected chi connectivity index (χ1v) is 4.37. The van der Waals surface area contributed by atoms with Gasteiger partial charge >= 0.3 is 0 Å². The summed E-state index contributed by atoms with van der Waals surface area (Å²) >= 11 is 0. The molecule has 0 fully saturated rings. The third-order valence-corrected chi connectivity index (χ3v) is 1.44. The van der Waals surface area contributed by atoms with Crippen LogP contribution in [0.3, 0.4) is 0 Å². The Labute approximate surface area is 40.2 Å². The van der Waals surface area contributed by atoms with Crippen molar-refractivity contribution in [3.05, 3.63) is 0 Å². The lowest BCUT2D eigenvalue weighted by atomic mass is 10.8. The normalized spacial score (nSPS) is 14.3. The molecule has 0 aromatic carbocycles. The number of nitrogens with one attached hydrogen (secondary N) is 1. The van der Waals surface area contributed by atoms with E-state index in [-0.39, 0.29) is 7.70 Å². The quantitative estimate of drug-likeness (QED) is 0.512. The Bertz CT molecular complexity index is 51.5. The number of rotatable bonds is 2. The molecule has 0 bridgehead atoms. The van der Waals surface area contributed by atoms with Gasteiger partial charge in [0.05, 0.1) is 0 Å². The molecule has 0 aliphatic rings. The van der Waals surface area contributed by atoms with Crippen LogP contribution >= 0.6 is 7.70 Å². The fraction of sp³-hybridized carbons (Fsp3) is 0.750. The lowest BCUT2D eigenvalue weighted by Crippen LogP contribution is -1.98. The van der Waals surface area contributed by atoms with Crippen LogP contribution < -0.4 is 5.09 Å². The molecule has 0 spiro atoms. The third kappa shape index (κ3) is 4.26. The summed E-state index contributed by atoms with van der Waals surface area (Å²) in [5.74, 6) is 0.